The van der Waals surface area contributed by atoms with Crippen LogP contribution in [0.5, 0.6) is 0 Å². The summed E-state index contributed by atoms with van der Waals surface area (Å²) < 4.78 is 26.3. The molecule has 7 nitrogen and oxygen atoms in total. The highest BCUT2D eigenvalue weighted by molar-refractivity contribution is 7.89. The largest absolute Gasteiger partial charge is 0.397 e. The Morgan fingerprint density at radius 1 is 1.44 bits per heavy atom. The Bertz CT molecular complexity index is 581. The molecule has 18 heavy (non-hydrogen) atoms. The van der Waals surface area contributed by atoms with E-state index in [4.69, 9.17) is 5.73 Å². The van der Waals surface area contributed by atoms with E-state index in [1.165, 1.54) is 0 Å². The zero-order chi connectivity index (χ0) is 13.3. The average Bonchev–Trinajstić information content (AvgIpc) is 3.09. The lowest BCUT2D eigenvalue weighted by Crippen LogP contribution is -2.26. The van der Waals surface area contributed by atoms with Crippen LogP contribution in [0, 0.1) is 16.0 Å². The Kier molecular flexibility index (Phi) is 3.22. The standard InChI is InChI=1S/C10H13N3O4S/c11-9-5-8(13(14)15)3-4-10(9)18(16,17)12-6-7-1-2-7/h3-5,7,12H,1-2,6,11H2. The molecule has 0 atom stereocenters. The predicted octanol–water partition coefficient (Wildman–Crippen LogP) is 0.865. The Hall–Kier alpha value is -1.67. The first-order valence-corrected chi connectivity index (χ1v) is 6.92. The Morgan fingerprint density at radius 3 is 2.61 bits per heavy atom. The van der Waals surface area contributed by atoms with E-state index < -0.39 is 14.9 Å². The minimum atomic E-state index is -3.69. The summed E-state index contributed by atoms with van der Waals surface area (Å²) in [5.74, 6) is 0.402. The minimum Gasteiger partial charge on any atom is -0.397 e. The molecule has 0 radical (unpaired) electrons. The lowest BCUT2D eigenvalue weighted by Gasteiger charge is -2.08. The van der Waals surface area contributed by atoms with E-state index in [1.54, 1.807) is 0 Å². The minimum absolute atomic E-state index is 0.117. The van der Waals surface area contributed by atoms with Gasteiger partial charge in [0.15, 0.2) is 0 Å². The molecule has 1 aromatic rings. The van der Waals surface area contributed by atoms with Crippen LogP contribution in [-0.4, -0.2) is 19.9 Å². The van der Waals surface area contributed by atoms with Gasteiger partial charge in [-0.05, 0) is 24.8 Å². The van der Waals surface area contributed by atoms with E-state index >= 15 is 0 Å². The molecule has 0 unspecified atom stereocenters. The van der Waals surface area contributed by atoms with Gasteiger partial charge in [0.05, 0.1) is 10.6 Å². The van der Waals surface area contributed by atoms with Crippen molar-refractivity contribution in [3.8, 4) is 0 Å². The molecule has 0 heterocycles. The lowest BCUT2D eigenvalue weighted by atomic mass is 10.3. The van der Waals surface area contributed by atoms with Crippen molar-refractivity contribution in [2.45, 2.75) is 17.7 Å². The van der Waals surface area contributed by atoms with Gasteiger partial charge in [-0.2, -0.15) is 0 Å². The molecular formula is C10H13N3O4S. The smallest absolute Gasteiger partial charge is 0.271 e. The number of nitrogens with one attached hydrogen (secondary N) is 1. The van der Waals surface area contributed by atoms with Gasteiger partial charge in [0.2, 0.25) is 10.0 Å². The van der Waals surface area contributed by atoms with Gasteiger partial charge in [-0.3, -0.25) is 10.1 Å². The maximum absolute atomic E-state index is 11.9. The number of nitrogen functional groups attached to an aromatic ring is 1. The van der Waals surface area contributed by atoms with Crippen LogP contribution < -0.4 is 10.5 Å². The summed E-state index contributed by atoms with van der Waals surface area (Å²) in [4.78, 5) is 9.78. The highest BCUT2D eigenvalue weighted by Gasteiger charge is 2.25. The molecule has 0 saturated heterocycles. The number of hydrogen-bond donors (Lipinski definition) is 2. The molecule has 8 heteroatoms. The summed E-state index contributed by atoms with van der Waals surface area (Å²) in [6.45, 7) is 0.388. The third-order valence-corrected chi connectivity index (χ3v) is 4.25. The van der Waals surface area contributed by atoms with Gasteiger partial charge in [0, 0.05) is 18.7 Å². The molecule has 98 valence electrons. The molecule has 0 aromatic heterocycles. The summed E-state index contributed by atoms with van der Waals surface area (Å²) in [5, 5.41) is 10.5. The number of nitro benzene ring substituents is 1. The summed E-state index contributed by atoms with van der Waals surface area (Å²) in [6.07, 6.45) is 2.05. The molecule has 2 rings (SSSR count). The van der Waals surface area contributed by atoms with Crippen molar-refractivity contribution in [3.63, 3.8) is 0 Å². The fourth-order valence-electron chi connectivity index (χ4n) is 1.52. The molecule has 1 saturated carbocycles. The zero-order valence-corrected chi connectivity index (χ0v) is 10.3. The van der Waals surface area contributed by atoms with Crippen LogP contribution in [0.3, 0.4) is 0 Å². The summed E-state index contributed by atoms with van der Waals surface area (Å²) in [7, 11) is -3.69. The van der Waals surface area contributed by atoms with Crippen LogP contribution in [0.2, 0.25) is 0 Å². The van der Waals surface area contributed by atoms with E-state index in [0.29, 0.717) is 12.5 Å². The first kappa shape index (κ1) is 12.8. The molecule has 0 bridgehead atoms. The van der Waals surface area contributed by atoms with Gasteiger partial charge in [-0.1, -0.05) is 0 Å². The summed E-state index contributed by atoms with van der Waals surface area (Å²) >= 11 is 0. The van der Waals surface area contributed by atoms with Crippen LogP contribution in [0.15, 0.2) is 23.1 Å². The Morgan fingerprint density at radius 2 is 2.11 bits per heavy atom. The molecule has 0 spiro atoms. The third-order valence-electron chi connectivity index (χ3n) is 2.75. The van der Waals surface area contributed by atoms with Crippen molar-refractivity contribution in [3.05, 3.63) is 28.3 Å². The van der Waals surface area contributed by atoms with Crippen molar-refractivity contribution >= 4 is 21.4 Å². The average molecular weight is 271 g/mol. The topological polar surface area (TPSA) is 115 Å². The number of nitrogens with zero attached hydrogens (tertiary/aromatic N) is 1. The maximum Gasteiger partial charge on any atom is 0.271 e. The zero-order valence-electron chi connectivity index (χ0n) is 9.50. The monoisotopic (exact) mass is 271 g/mol. The second kappa shape index (κ2) is 4.54. The Balaban J connectivity index is 2.23. The van der Waals surface area contributed by atoms with Gasteiger partial charge in [0.25, 0.3) is 5.69 Å². The van der Waals surface area contributed by atoms with Crippen LogP contribution in [-0.2, 0) is 10.0 Å². The van der Waals surface area contributed by atoms with Crippen LogP contribution in [0.25, 0.3) is 0 Å². The van der Waals surface area contributed by atoms with Crippen molar-refractivity contribution in [2.75, 3.05) is 12.3 Å². The number of nitrogens with two attached hydrogens (primary N) is 1. The van der Waals surface area contributed by atoms with E-state index in [9.17, 15) is 18.5 Å². The van der Waals surface area contributed by atoms with Gasteiger partial charge < -0.3 is 5.73 Å². The lowest BCUT2D eigenvalue weighted by molar-refractivity contribution is -0.384. The molecule has 3 N–H and O–H groups in total. The van der Waals surface area contributed by atoms with Gasteiger partial charge >= 0.3 is 0 Å². The number of benzene rings is 1. The highest BCUT2D eigenvalue weighted by atomic mass is 32.2. The quantitative estimate of drug-likeness (QED) is 0.468. The third kappa shape index (κ3) is 2.77. The molecule has 1 aliphatic carbocycles. The molecular weight excluding hydrogens is 258 g/mol. The second-order valence-electron chi connectivity index (χ2n) is 4.27. The van der Waals surface area contributed by atoms with Crippen LogP contribution in [0.1, 0.15) is 12.8 Å². The number of sulfonamides is 1. The fraction of sp³-hybridized carbons (Fsp3) is 0.400. The van der Waals surface area contributed by atoms with Gasteiger partial charge in [-0.15, -0.1) is 0 Å². The number of non-ortho nitro benzene ring substituents is 1. The van der Waals surface area contributed by atoms with E-state index in [-0.39, 0.29) is 16.3 Å². The molecule has 1 fully saturated rings. The Labute approximate surface area is 104 Å². The molecule has 1 aromatic carbocycles. The predicted molar refractivity (Wildman–Crippen MR) is 65.4 cm³/mol. The van der Waals surface area contributed by atoms with E-state index in [2.05, 4.69) is 4.72 Å². The van der Waals surface area contributed by atoms with Gasteiger partial charge in [0.1, 0.15) is 4.90 Å². The molecule has 0 amide bonds. The van der Waals surface area contributed by atoms with Gasteiger partial charge in [-0.25, -0.2) is 13.1 Å². The van der Waals surface area contributed by atoms with Crippen molar-refractivity contribution < 1.29 is 13.3 Å². The van der Waals surface area contributed by atoms with Crippen LogP contribution in [0.4, 0.5) is 11.4 Å². The fourth-order valence-corrected chi connectivity index (χ4v) is 2.75. The summed E-state index contributed by atoms with van der Waals surface area (Å²) in [6, 6.07) is 3.33. The van der Waals surface area contributed by atoms with Crippen molar-refractivity contribution in [1.82, 2.24) is 4.72 Å². The van der Waals surface area contributed by atoms with E-state index in [0.717, 1.165) is 31.0 Å². The molecule has 1 aliphatic rings. The maximum atomic E-state index is 11.9. The normalized spacial score (nSPS) is 15.6. The number of anilines is 1. The number of nitro groups is 1. The first-order chi connectivity index (χ1) is 8.40. The molecule has 0 aliphatic heterocycles. The van der Waals surface area contributed by atoms with Crippen LogP contribution >= 0.6 is 0 Å². The number of rotatable bonds is 5. The van der Waals surface area contributed by atoms with E-state index in [1.807, 2.05) is 0 Å². The second-order valence-corrected chi connectivity index (χ2v) is 6.01. The summed E-state index contributed by atoms with van der Waals surface area (Å²) in [5.41, 5.74) is 5.20. The first-order valence-electron chi connectivity index (χ1n) is 5.44. The SMILES string of the molecule is Nc1cc([N+](=O)[O-])ccc1S(=O)(=O)NCC1CC1. The van der Waals surface area contributed by atoms with Crippen molar-refractivity contribution in [2.24, 2.45) is 5.92 Å². The van der Waals surface area contributed by atoms with Crippen molar-refractivity contribution in [1.29, 1.82) is 0 Å². The highest BCUT2D eigenvalue weighted by Crippen LogP contribution is 2.29. The number of hydrogen-bond acceptors (Lipinski definition) is 5.